The third-order valence-electron chi connectivity index (χ3n) is 2.84. The van der Waals surface area contributed by atoms with Gasteiger partial charge in [-0.1, -0.05) is 0 Å². The van der Waals surface area contributed by atoms with Crippen LogP contribution in [0.15, 0.2) is 42.5 Å². The molecule has 1 N–H and O–H groups in total. The Morgan fingerprint density at radius 3 is 2.50 bits per heavy atom. The fourth-order valence-corrected chi connectivity index (χ4v) is 2.13. The molecule has 1 amide bonds. The number of carbonyl (C=O) groups excluding carboxylic acids is 1. The van der Waals surface area contributed by atoms with Crippen LogP contribution >= 0.6 is 22.6 Å². The molecular weight excluding hydrogens is 365 g/mol. The quantitative estimate of drug-likeness (QED) is 0.805. The molecule has 3 nitrogen and oxygen atoms in total. The minimum absolute atomic E-state index is 0.117. The number of anilines is 1. The summed E-state index contributed by atoms with van der Waals surface area (Å²) in [6.45, 7) is 4.57. The summed E-state index contributed by atoms with van der Waals surface area (Å²) in [6.07, 6.45) is 0. The molecule has 0 unspecified atom stereocenters. The van der Waals surface area contributed by atoms with E-state index in [0.29, 0.717) is 12.2 Å². The van der Waals surface area contributed by atoms with Crippen molar-refractivity contribution in [1.29, 1.82) is 0 Å². The summed E-state index contributed by atoms with van der Waals surface area (Å²) in [7, 11) is 0. The van der Waals surface area contributed by atoms with E-state index in [2.05, 4.69) is 27.9 Å². The van der Waals surface area contributed by atoms with Crippen LogP contribution in [0.4, 0.5) is 5.69 Å². The van der Waals surface area contributed by atoms with Crippen molar-refractivity contribution in [2.24, 2.45) is 0 Å². The number of aryl methyl sites for hydroxylation is 1. The number of carbonyl (C=O) groups is 1. The lowest BCUT2D eigenvalue weighted by molar-refractivity contribution is 0.102. The lowest BCUT2D eigenvalue weighted by Crippen LogP contribution is -2.12. The molecule has 0 aliphatic rings. The molecule has 0 spiro atoms. The third-order valence-corrected chi connectivity index (χ3v) is 4.05. The Hall–Kier alpha value is -1.56. The van der Waals surface area contributed by atoms with Gasteiger partial charge in [-0.05, 0) is 84.5 Å². The van der Waals surface area contributed by atoms with Crippen LogP contribution in [0.25, 0.3) is 0 Å². The maximum absolute atomic E-state index is 12.1. The minimum Gasteiger partial charge on any atom is -0.494 e. The smallest absolute Gasteiger partial charge is 0.255 e. The largest absolute Gasteiger partial charge is 0.494 e. The second-order valence-corrected chi connectivity index (χ2v) is 5.54. The molecule has 4 heteroatoms. The topological polar surface area (TPSA) is 38.3 Å². The van der Waals surface area contributed by atoms with Crippen LogP contribution in [0.3, 0.4) is 0 Å². The second-order valence-electron chi connectivity index (χ2n) is 4.38. The first-order valence-electron chi connectivity index (χ1n) is 6.40. The van der Waals surface area contributed by atoms with E-state index in [0.717, 1.165) is 17.0 Å². The molecule has 0 aliphatic heterocycles. The van der Waals surface area contributed by atoms with Crippen molar-refractivity contribution in [2.75, 3.05) is 11.9 Å². The normalized spacial score (nSPS) is 10.2. The number of rotatable bonds is 4. The molecular formula is C16H16INO2. The zero-order valence-electron chi connectivity index (χ0n) is 11.4. The lowest BCUT2D eigenvalue weighted by Gasteiger charge is -2.08. The first-order valence-corrected chi connectivity index (χ1v) is 7.48. The van der Waals surface area contributed by atoms with Crippen LogP contribution < -0.4 is 10.1 Å². The van der Waals surface area contributed by atoms with Gasteiger partial charge in [-0.2, -0.15) is 0 Å². The summed E-state index contributed by atoms with van der Waals surface area (Å²) >= 11 is 2.27. The van der Waals surface area contributed by atoms with E-state index in [-0.39, 0.29) is 5.91 Å². The van der Waals surface area contributed by atoms with Gasteiger partial charge in [0.15, 0.2) is 0 Å². The molecule has 0 bridgehead atoms. The van der Waals surface area contributed by atoms with Gasteiger partial charge in [0.2, 0.25) is 0 Å². The van der Waals surface area contributed by atoms with E-state index in [4.69, 9.17) is 4.74 Å². The average Bonchev–Trinajstić information content (AvgIpc) is 2.44. The average molecular weight is 381 g/mol. The molecule has 20 heavy (non-hydrogen) atoms. The number of nitrogens with one attached hydrogen (secondary N) is 1. The first-order chi connectivity index (χ1) is 9.60. The van der Waals surface area contributed by atoms with Crippen molar-refractivity contribution in [1.82, 2.24) is 0 Å². The highest BCUT2D eigenvalue weighted by molar-refractivity contribution is 14.1. The Kier molecular flexibility index (Phi) is 5.00. The standard InChI is InChI=1S/C16H16INO2/c1-3-20-14-7-4-12(5-8-14)16(19)18-13-6-9-15(17)11(2)10-13/h4-10H,3H2,1-2H3,(H,18,19). The molecule has 0 atom stereocenters. The summed E-state index contributed by atoms with van der Waals surface area (Å²) < 4.78 is 6.54. The van der Waals surface area contributed by atoms with Crippen LogP contribution in [0.2, 0.25) is 0 Å². The summed E-state index contributed by atoms with van der Waals surface area (Å²) in [5.74, 6) is 0.655. The third kappa shape index (κ3) is 3.72. The van der Waals surface area contributed by atoms with Gasteiger partial charge >= 0.3 is 0 Å². The molecule has 2 rings (SSSR count). The molecule has 2 aromatic carbocycles. The fraction of sp³-hybridized carbons (Fsp3) is 0.188. The van der Waals surface area contributed by atoms with E-state index in [1.165, 1.54) is 3.57 Å². The van der Waals surface area contributed by atoms with Crippen molar-refractivity contribution >= 4 is 34.2 Å². The van der Waals surface area contributed by atoms with Gasteiger partial charge < -0.3 is 10.1 Å². The molecule has 0 aromatic heterocycles. The summed E-state index contributed by atoms with van der Waals surface area (Å²) in [6, 6.07) is 13.0. The molecule has 0 aliphatic carbocycles. The maximum Gasteiger partial charge on any atom is 0.255 e. The van der Waals surface area contributed by atoms with Gasteiger partial charge in [-0.25, -0.2) is 0 Å². The molecule has 0 heterocycles. The SMILES string of the molecule is CCOc1ccc(C(=O)Nc2ccc(I)c(C)c2)cc1. The van der Waals surface area contributed by atoms with Crippen LogP contribution in [-0.4, -0.2) is 12.5 Å². The van der Waals surface area contributed by atoms with Gasteiger partial charge in [0.25, 0.3) is 5.91 Å². The molecule has 0 saturated heterocycles. The van der Waals surface area contributed by atoms with E-state index in [1.54, 1.807) is 24.3 Å². The molecule has 0 saturated carbocycles. The van der Waals surface area contributed by atoms with Gasteiger partial charge in [0.1, 0.15) is 5.75 Å². The van der Waals surface area contributed by atoms with Crippen LogP contribution in [0.1, 0.15) is 22.8 Å². The molecule has 104 valence electrons. The highest BCUT2D eigenvalue weighted by Gasteiger charge is 2.07. The van der Waals surface area contributed by atoms with Crippen molar-refractivity contribution in [3.63, 3.8) is 0 Å². The van der Waals surface area contributed by atoms with Crippen LogP contribution in [0, 0.1) is 10.5 Å². The number of ether oxygens (including phenoxy) is 1. The van der Waals surface area contributed by atoms with Crippen molar-refractivity contribution in [3.8, 4) is 5.75 Å². The monoisotopic (exact) mass is 381 g/mol. The lowest BCUT2D eigenvalue weighted by atomic mass is 10.2. The fourth-order valence-electron chi connectivity index (χ4n) is 1.79. The van der Waals surface area contributed by atoms with E-state index >= 15 is 0 Å². The van der Waals surface area contributed by atoms with Crippen LogP contribution in [-0.2, 0) is 0 Å². The Morgan fingerprint density at radius 2 is 1.90 bits per heavy atom. The molecule has 0 radical (unpaired) electrons. The Bertz CT molecular complexity index is 608. The van der Waals surface area contributed by atoms with Gasteiger partial charge in [-0.15, -0.1) is 0 Å². The molecule has 0 fully saturated rings. The second kappa shape index (κ2) is 6.74. The zero-order valence-corrected chi connectivity index (χ0v) is 13.6. The van der Waals surface area contributed by atoms with Crippen LogP contribution in [0.5, 0.6) is 5.75 Å². The Balaban J connectivity index is 2.09. The van der Waals surface area contributed by atoms with Gasteiger partial charge in [-0.3, -0.25) is 4.79 Å². The summed E-state index contributed by atoms with van der Waals surface area (Å²) in [4.78, 5) is 12.1. The predicted octanol–water partition coefficient (Wildman–Crippen LogP) is 4.25. The van der Waals surface area contributed by atoms with Gasteiger partial charge in [0, 0.05) is 14.8 Å². The number of amides is 1. The van der Waals surface area contributed by atoms with E-state index < -0.39 is 0 Å². The first kappa shape index (κ1) is 14.8. The maximum atomic E-state index is 12.1. The van der Waals surface area contributed by atoms with Gasteiger partial charge in [0.05, 0.1) is 6.61 Å². The van der Waals surface area contributed by atoms with E-state index in [1.807, 2.05) is 32.0 Å². The number of hydrogen-bond donors (Lipinski definition) is 1. The molecule has 2 aromatic rings. The summed E-state index contributed by atoms with van der Waals surface area (Å²) in [5.41, 5.74) is 2.57. The van der Waals surface area contributed by atoms with Crippen molar-refractivity contribution < 1.29 is 9.53 Å². The minimum atomic E-state index is -0.117. The van der Waals surface area contributed by atoms with E-state index in [9.17, 15) is 4.79 Å². The van der Waals surface area contributed by atoms with Crippen molar-refractivity contribution in [2.45, 2.75) is 13.8 Å². The number of hydrogen-bond acceptors (Lipinski definition) is 2. The highest BCUT2D eigenvalue weighted by Crippen LogP contribution is 2.18. The zero-order chi connectivity index (χ0) is 14.5. The number of halogens is 1. The summed E-state index contributed by atoms with van der Waals surface area (Å²) in [5, 5.41) is 2.89. The Labute approximate surface area is 132 Å². The van der Waals surface area contributed by atoms with Crippen molar-refractivity contribution in [3.05, 3.63) is 57.2 Å². The highest BCUT2D eigenvalue weighted by atomic mass is 127. The number of benzene rings is 2. The Morgan fingerprint density at radius 1 is 1.20 bits per heavy atom. The predicted molar refractivity (Wildman–Crippen MR) is 89.5 cm³/mol.